The smallest absolute Gasteiger partial charge is 0.390 e. The fraction of sp³-hybridized carbons (Fsp3) is 0.600. The van der Waals surface area contributed by atoms with Gasteiger partial charge in [-0.1, -0.05) is 0 Å². The number of phosphoric acid groups is 1. The monoisotopic (exact) mass is 345 g/mol. The van der Waals surface area contributed by atoms with Crippen molar-refractivity contribution in [3.63, 3.8) is 0 Å². The Morgan fingerprint density at radius 1 is 1.50 bits per heavy atom. The summed E-state index contributed by atoms with van der Waals surface area (Å²) in [6.07, 6.45) is -1.57. The Bertz CT molecular complexity index is 682. The molecule has 0 aliphatic carbocycles. The van der Waals surface area contributed by atoms with Crippen molar-refractivity contribution < 1.29 is 28.7 Å². The minimum Gasteiger partial charge on any atom is -0.390 e. The van der Waals surface area contributed by atoms with Crippen LogP contribution in [0.15, 0.2) is 15.8 Å². The fourth-order valence-electron chi connectivity index (χ4n) is 2.01. The summed E-state index contributed by atoms with van der Waals surface area (Å²) in [7, 11) is -4.67. The van der Waals surface area contributed by atoms with Crippen molar-refractivity contribution >= 4 is 37.4 Å². The zero-order valence-electron chi connectivity index (χ0n) is 12.0. The molecule has 1 radical (unpaired) electrons. The number of hydrogen-bond donors (Lipinski definition) is 4. The number of aliphatic hydroxyl groups is 1. The molecule has 0 spiro atoms. The topological polar surface area (TPSA) is 151 Å². The molecule has 1 fully saturated rings. The molecule has 2 rings (SSSR count). The van der Waals surface area contributed by atoms with Gasteiger partial charge in [0, 0.05) is 47.7 Å². The van der Waals surface area contributed by atoms with Gasteiger partial charge >= 0.3 is 13.5 Å². The van der Waals surface area contributed by atoms with Crippen LogP contribution < -0.4 is 11.2 Å². The standard InChI is InChI=1S/C10H15N2O8P.Na/c1-5-3-12(10(15)11-9(5)14)8-2-6(13)7(20-8)4-19-21(16,17)18;/h3,6-8,13H,2,4H2,1H3,(H,11,14,15)(H2,16,17,18);. The van der Waals surface area contributed by atoms with E-state index in [-0.39, 0.29) is 36.0 Å². The molecule has 119 valence electrons. The molecule has 3 atom stereocenters. The van der Waals surface area contributed by atoms with Gasteiger partial charge < -0.3 is 19.6 Å². The van der Waals surface area contributed by atoms with E-state index in [1.54, 1.807) is 0 Å². The zero-order chi connectivity index (χ0) is 15.8. The first kappa shape index (κ1) is 19.8. The number of phosphoric ester groups is 1. The summed E-state index contributed by atoms with van der Waals surface area (Å²) in [6, 6.07) is 0. The molecule has 2 heterocycles. The number of hydrogen-bond acceptors (Lipinski definition) is 6. The van der Waals surface area contributed by atoms with Gasteiger partial charge in [-0.15, -0.1) is 0 Å². The molecule has 0 bridgehead atoms. The molecule has 0 aromatic carbocycles. The Morgan fingerprint density at radius 2 is 2.14 bits per heavy atom. The van der Waals surface area contributed by atoms with Crippen molar-refractivity contribution in [3.8, 4) is 0 Å². The van der Waals surface area contributed by atoms with E-state index in [0.717, 1.165) is 4.57 Å². The number of aryl methyl sites for hydroxylation is 1. The Hall–Kier alpha value is -0.290. The fourth-order valence-corrected chi connectivity index (χ4v) is 2.35. The van der Waals surface area contributed by atoms with E-state index in [4.69, 9.17) is 14.5 Å². The molecule has 3 unspecified atom stereocenters. The first-order valence-corrected chi connectivity index (χ1v) is 7.56. The molecule has 0 amide bonds. The van der Waals surface area contributed by atoms with E-state index in [2.05, 4.69) is 9.51 Å². The molecule has 22 heavy (non-hydrogen) atoms. The van der Waals surface area contributed by atoms with Crippen molar-refractivity contribution in [1.82, 2.24) is 9.55 Å². The minimum absolute atomic E-state index is 0. The second-order valence-corrected chi connectivity index (χ2v) is 5.94. The number of aromatic nitrogens is 2. The van der Waals surface area contributed by atoms with Gasteiger partial charge in [-0.3, -0.25) is 18.9 Å². The van der Waals surface area contributed by atoms with Gasteiger partial charge in [-0.25, -0.2) is 9.36 Å². The van der Waals surface area contributed by atoms with Crippen LogP contribution in [0.1, 0.15) is 18.2 Å². The molecule has 1 aromatic heterocycles. The van der Waals surface area contributed by atoms with E-state index in [1.807, 2.05) is 0 Å². The molecular weight excluding hydrogens is 330 g/mol. The summed E-state index contributed by atoms with van der Waals surface area (Å²) in [6.45, 7) is 0.994. The third-order valence-electron chi connectivity index (χ3n) is 3.07. The normalized spacial score (nSPS) is 25.0. The van der Waals surface area contributed by atoms with Gasteiger partial charge in [0.25, 0.3) is 5.56 Å². The van der Waals surface area contributed by atoms with Crippen LogP contribution in [0.25, 0.3) is 0 Å². The third-order valence-corrected chi connectivity index (χ3v) is 3.55. The van der Waals surface area contributed by atoms with Crippen molar-refractivity contribution in [2.45, 2.75) is 31.8 Å². The van der Waals surface area contributed by atoms with Gasteiger partial charge in [0.15, 0.2) is 0 Å². The summed E-state index contributed by atoms with van der Waals surface area (Å²) >= 11 is 0. The van der Waals surface area contributed by atoms with E-state index < -0.39 is 44.1 Å². The summed E-state index contributed by atoms with van der Waals surface area (Å²) in [5.41, 5.74) is -0.918. The first-order chi connectivity index (χ1) is 9.67. The van der Waals surface area contributed by atoms with Gasteiger partial charge in [-0.2, -0.15) is 0 Å². The second-order valence-electron chi connectivity index (χ2n) is 4.70. The Balaban J connectivity index is 0.00000242. The summed E-state index contributed by atoms with van der Waals surface area (Å²) in [5, 5.41) is 9.79. The van der Waals surface area contributed by atoms with Crippen molar-refractivity contribution in [2.24, 2.45) is 0 Å². The number of nitrogens with zero attached hydrogens (tertiary/aromatic N) is 1. The van der Waals surface area contributed by atoms with Crippen molar-refractivity contribution in [3.05, 3.63) is 32.6 Å². The molecule has 4 N–H and O–H groups in total. The predicted octanol–water partition coefficient (Wildman–Crippen LogP) is -1.78. The Labute approximate surface area is 146 Å². The molecule has 1 aliphatic rings. The van der Waals surface area contributed by atoms with Crippen LogP contribution in [0.5, 0.6) is 0 Å². The maximum atomic E-state index is 11.7. The van der Waals surface area contributed by atoms with Crippen LogP contribution in [0.3, 0.4) is 0 Å². The Kier molecular flexibility index (Phi) is 6.75. The molecule has 1 aliphatic heterocycles. The molecule has 12 heteroatoms. The van der Waals surface area contributed by atoms with Crippen molar-refractivity contribution in [1.29, 1.82) is 0 Å². The molecule has 0 saturated carbocycles. The van der Waals surface area contributed by atoms with Crippen LogP contribution in [0, 0.1) is 6.92 Å². The average molecular weight is 345 g/mol. The predicted molar refractivity (Wildman–Crippen MR) is 74.3 cm³/mol. The first-order valence-electron chi connectivity index (χ1n) is 6.03. The van der Waals surface area contributed by atoms with Crippen LogP contribution >= 0.6 is 7.82 Å². The maximum absolute atomic E-state index is 11.7. The summed E-state index contributed by atoms with van der Waals surface area (Å²) < 4.78 is 21.4. The zero-order valence-corrected chi connectivity index (χ0v) is 14.9. The van der Waals surface area contributed by atoms with E-state index in [9.17, 15) is 19.3 Å². The van der Waals surface area contributed by atoms with Gasteiger partial charge in [0.2, 0.25) is 0 Å². The minimum atomic E-state index is -4.67. The number of H-pyrrole nitrogens is 1. The van der Waals surface area contributed by atoms with Gasteiger partial charge in [0.05, 0.1) is 12.7 Å². The number of aliphatic hydroxyl groups excluding tert-OH is 1. The maximum Gasteiger partial charge on any atom is 0.469 e. The van der Waals surface area contributed by atoms with Crippen molar-refractivity contribution in [2.75, 3.05) is 6.61 Å². The Morgan fingerprint density at radius 3 is 2.73 bits per heavy atom. The number of ether oxygens (including phenoxy) is 1. The second kappa shape index (κ2) is 7.52. The van der Waals surface area contributed by atoms with Gasteiger partial charge in [0.1, 0.15) is 12.3 Å². The van der Waals surface area contributed by atoms with Crippen LogP contribution in [0.4, 0.5) is 0 Å². The average Bonchev–Trinajstić information content (AvgIpc) is 2.72. The molecule has 10 nitrogen and oxygen atoms in total. The van der Waals surface area contributed by atoms with E-state index >= 15 is 0 Å². The SMILES string of the molecule is Cc1cn(C2CC(O)C(COP(=O)(O)O)O2)c(=O)[nH]c1=O.[Na]. The molecular formula is C10H15N2NaO8P. The van der Waals surface area contributed by atoms with Crippen LogP contribution in [0.2, 0.25) is 0 Å². The van der Waals surface area contributed by atoms with Crippen LogP contribution in [-0.2, 0) is 13.8 Å². The van der Waals surface area contributed by atoms with E-state index in [1.165, 1.54) is 13.1 Å². The summed E-state index contributed by atoms with van der Waals surface area (Å²) in [4.78, 5) is 42.3. The molecule has 1 aromatic rings. The number of aromatic amines is 1. The number of nitrogens with one attached hydrogen (secondary N) is 1. The largest absolute Gasteiger partial charge is 0.469 e. The number of rotatable bonds is 4. The molecule has 1 saturated heterocycles. The third kappa shape index (κ3) is 4.85. The quantitative estimate of drug-likeness (QED) is 0.369. The van der Waals surface area contributed by atoms with Gasteiger partial charge in [-0.05, 0) is 6.92 Å². The van der Waals surface area contributed by atoms with Crippen LogP contribution in [-0.4, -0.2) is 72.8 Å². The van der Waals surface area contributed by atoms with E-state index in [0.29, 0.717) is 5.56 Å². The summed E-state index contributed by atoms with van der Waals surface area (Å²) in [5.74, 6) is 0.